The largest absolute Gasteiger partial charge is 0.508 e. The van der Waals surface area contributed by atoms with Crippen LogP contribution in [0, 0.1) is 0 Å². The zero-order chi connectivity index (χ0) is 20.6. The molecule has 6 nitrogen and oxygen atoms in total. The standard InChI is InChI=1S/C19H17ClN4O2S3/c1-12(13-6-4-7-15(25)9-13)21-22-17(26)11-28-19-24-23-18(29-19)27-10-14-5-2-3-8-16(14)20/h2-9,25H,10-11H2,1H3,(H,22,26)/b21-12+. The lowest BCUT2D eigenvalue weighted by Crippen LogP contribution is -2.21. The zero-order valence-electron chi connectivity index (χ0n) is 15.3. The van der Waals surface area contributed by atoms with Crippen molar-refractivity contribution in [1.29, 1.82) is 0 Å². The Bertz CT molecular complexity index is 1030. The quantitative estimate of drug-likeness (QED) is 0.282. The van der Waals surface area contributed by atoms with Gasteiger partial charge in [0.05, 0.1) is 11.5 Å². The molecular weight excluding hydrogens is 448 g/mol. The summed E-state index contributed by atoms with van der Waals surface area (Å²) in [6.45, 7) is 1.76. The van der Waals surface area contributed by atoms with Gasteiger partial charge in [0, 0.05) is 16.3 Å². The first-order valence-corrected chi connectivity index (χ1v) is 11.6. The second kappa shape index (κ2) is 10.6. The minimum absolute atomic E-state index is 0.151. The smallest absolute Gasteiger partial charge is 0.250 e. The highest BCUT2D eigenvalue weighted by Crippen LogP contribution is 2.32. The van der Waals surface area contributed by atoms with Crippen molar-refractivity contribution in [3.8, 4) is 5.75 Å². The van der Waals surface area contributed by atoms with Gasteiger partial charge in [0.2, 0.25) is 0 Å². The number of halogens is 1. The first kappa shape index (κ1) is 21.6. The number of phenolic OH excluding ortho intramolecular Hbond substituents is 1. The maximum atomic E-state index is 12.0. The van der Waals surface area contributed by atoms with Crippen molar-refractivity contribution in [2.75, 3.05) is 5.75 Å². The average Bonchev–Trinajstić information content (AvgIpc) is 3.18. The van der Waals surface area contributed by atoms with E-state index in [1.807, 2.05) is 30.3 Å². The molecule has 0 aliphatic rings. The van der Waals surface area contributed by atoms with Crippen molar-refractivity contribution in [3.63, 3.8) is 0 Å². The SMILES string of the molecule is C/C(=N\NC(=O)CSc1nnc(SCc2ccccc2Cl)s1)c1cccc(O)c1. The molecule has 3 rings (SSSR count). The highest BCUT2D eigenvalue weighted by Gasteiger charge is 2.10. The van der Waals surface area contributed by atoms with E-state index in [1.54, 1.807) is 36.9 Å². The Hall–Kier alpha value is -2.07. The van der Waals surface area contributed by atoms with E-state index in [1.165, 1.54) is 23.1 Å². The highest BCUT2D eigenvalue weighted by atomic mass is 35.5. The number of phenols is 1. The summed E-state index contributed by atoms with van der Waals surface area (Å²) in [4.78, 5) is 12.0. The number of nitrogens with zero attached hydrogens (tertiary/aromatic N) is 3. The number of aromatic hydroxyl groups is 1. The predicted octanol–water partition coefficient (Wildman–Crippen LogP) is 4.82. The molecule has 0 unspecified atom stereocenters. The minimum atomic E-state index is -0.241. The normalized spacial score (nSPS) is 11.4. The summed E-state index contributed by atoms with van der Waals surface area (Å²) in [6.07, 6.45) is 0. The fourth-order valence-corrected chi connectivity index (χ4v) is 5.27. The molecule has 2 aromatic carbocycles. The van der Waals surface area contributed by atoms with Gasteiger partial charge in [0.25, 0.3) is 5.91 Å². The number of hydrazone groups is 1. The molecular formula is C19H17ClN4O2S3. The van der Waals surface area contributed by atoms with Gasteiger partial charge >= 0.3 is 0 Å². The predicted molar refractivity (Wildman–Crippen MR) is 120 cm³/mol. The number of thioether (sulfide) groups is 2. The number of amides is 1. The monoisotopic (exact) mass is 464 g/mol. The van der Waals surface area contributed by atoms with Crippen LogP contribution in [0.1, 0.15) is 18.1 Å². The van der Waals surface area contributed by atoms with E-state index in [2.05, 4.69) is 20.7 Å². The van der Waals surface area contributed by atoms with Gasteiger partial charge < -0.3 is 5.11 Å². The van der Waals surface area contributed by atoms with Crippen LogP contribution in [0.25, 0.3) is 0 Å². The van der Waals surface area contributed by atoms with Crippen molar-refractivity contribution >= 4 is 58.1 Å². The van der Waals surface area contributed by atoms with Gasteiger partial charge in [-0.1, -0.05) is 76.8 Å². The molecule has 150 valence electrons. The molecule has 0 radical (unpaired) electrons. The first-order chi connectivity index (χ1) is 14.0. The maximum Gasteiger partial charge on any atom is 0.250 e. The fraction of sp³-hybridized carbons (Fsp3) is 0.158. The summed E-state index contributed by atoms with van der Waals surface area (Å²) in [5, 5.41) is 22.6. The molecule has 0 saturated carbocycles. The Kier molecular flexibility index (Phi) is 7.93. The van der Waals surface area contributed by atoms with Crippen molar-refractivity contribution in [2.45, 2.75) is 21.4 Å². The lowest BCUT2D eigenvalue weighted by Gasteiger charge is -2.03. The van der Waals surface area contributed by atoms with E-state index in [4.69, 9.17) is 11.6 Å². The van der Waals surface area contributed by atoms with E-state index in [-0.39, 0.29) is 17.4 Å². The molecule has 0 aliphatic heterocycles. The van der Waals surface area contributed by atoms with Crippen LogP contribution in [0.15, 0.2) is 62.3 Å². The van der Waals surface area contributed by atoms with E-state index < -0.39 is 0 Å². The lowest BCUT2D eigenvalue weighted by atomic mass is 10.1. The maximum absolute atomic E-state index is 12.0. The summed E-state index contributed by atoms with van der Waals surface area (Å²) < 4.78 is 1.54. The summed E-state index contributed by atoms with van der Waals surface area (Å²) in [5.74, 6) is 0.803. The third kappa shape index (κ3) is 6.74. The number of hydrogen-bond donors (Lipinski definition) is 2. The Morgan fingerprint density at radius 3 is 2.69 bits per heavy atom. The Morgan fingerprint density at radius 2 is 1.93 bits per heavy atom. The van der Waals surface area contributed by atoms with Crippen LogP contribution in [0.2, 0.25) is 5.02 Å². The number of carbonyl (C=O) groups excluding carboxylic acids is 1. The molecule has 0 atom stereocenters. The number of aromatic nitrogens is 2. The molecule has 1 amide bonds. The van der Waals surface area contributed by atoms with E-state index in [0.29, 0.717) is 11.5 Å². The van der Waals surface area contributed by atoms with Crippen LogP contribution in [0.4, 0.5) is 0 Å². The molecule has 29 heavy (non-hydrogen) atoms. The van der Waals surface area contributed by atoms with Gasteiger partial charge in [-0.05, 0) is 30.7 Å². The van der Waals surface area contributed by atoms with Crippen molar-refractivity contribution in [3.05, 3.63) is 64.7 Å². The molecule has 0 saturated heterocycles. The lowest BCUT2D eigenvalue weighted by molar-refractivity contribution is -0.118. The molecule has 0 bridgehead atoms. The Labute approximate surface area is 185 Å². The van der Waals surface area contributed by atoms with Crippen LogP contribution in [0.3, 0.4) is 0 Å². The van der Waals surface area contributed by atoms with Crippen LogP contribution >= 0.6 is 46.5 Å². The van der Waals surface area contributed by atoms with Gasteiger partial charge in [-0.15, -0.1) is 10.2 Å². The summed E-state index contributed by atoms with van der Waals surface area (Å²) in [6, 6.07) is 14.4. The van der Waals surface area contributed by atoms with Gasteiger partial charge in [-0.2, -0.15) is 5.10 Å². The molecule has 0 aliphatic carbocycles. The molecule has 0 spiro atoms. The number of benzene rings is 2. The molecule has 1 heterocycles. The minimum Gasteiger partial charge on any atom is -0.508 e. The zero-order valence-corrected chi connectivity index (χ0v) is 18.5. The average molecular weight is 465 g/mol. The van der Waals surface area contributed by atoms with E-state index in [9.17, 15) is 9.90 Å². The van der Waals surface area contributed by atoms with Crippen LogP contribution in [-0.4, -0.2) is 32.7 Å². The van der Waals surface area contributed by atoms with Crippen molar-refractivity contribution < 1.29 is 9.90 Å². The molecule has 1 aromatic heterocycles. The second-order valence-electron chi connectivity index (χ2n) is 5.79. The molecule has 0 fully saturated rings. The molecule has 10 heteroatoms. The highest BCUT2D eigenvalue weighted by molar-refractivity contribution is 8.03. The number of hydrogen-bond acceptors (Lipinski definition) is 8. The molecule has 3 aromatic rings. The van der Waals surface area contributed by atoms with Crippen LogP contribution in [-0.2, 0) is 10.5 Å². The van der Waals surface area contributed by atoms with E-state index in [0.717, 1.165) is 24.8 Å². The third-order valence-corrected chi connectivity index (χ3v) is 7.24. The number of carbonyl (C=O) groups is 1. The topological polar surface area (TPSA) is 87.5 Å². The van der Waals surface area contributed by atoms with Crippen molar-refractivity contribution in [2.24, 2.45) is 5.10 Å². The van der Waals surface area contributed by atoms with E-state index >= 15 is 0 Å². The Balaban J connectivity index is 1.46. The van der Waals surface area contributed by atoms with Crippen molar-refractivity contribution in [1.82, 2.24) is 15.6 Å². The Morgan fingerprint density at radius 1 is 1.17 bits per heavy atom. The van der Waals surface area contributed by atoms with Crippen LogP contribution < -0.4 is 5.43 Å². The summed E-state index contributed by atoms with van der Waals surface area (Å²) in [7, 11) is 0. The summed E-state index contributed by atoms with van der Waals surface area (Å²) >= 11 is 10.5. The van der Waals surface area contributed by atoms with Gasteiger partial charge in [0.1, 0.15) is 5.75 Å². The number of rotatable bonds is 8. The molecule has 2 N–H and O–H groups in total. The summed E-state index contributed by atoms with van der Waals surface area (Å²) in [5.41, 5.74) is 4.90. The number of nitrogens with one attached hydrogen (secondary N) is 1. The van der Waals surface area contributed by atoms with Gasteiger partial charge in [-0.25, -0.2) is 5.43 Å². The van der Waals surface area contributed by atoms with Crippen LogP contribution in [0.5, 0.6) is 5.75 Å². The van der Waals surface area contributed by atoms with Gasteiger partial charge in [0.15, 0.2) is 8.68 Å². The van der Waals surface area contributed by atoms with Gasteiger partial charge in [-0.3, -0.25) is 4.79 Å². The first-order valence-electron chi connectivity index (χ1n) is 8.46. The fourth-order valence-electron chi connectivity index (χ4n) is 2.17. The second-order valence-corrected chi connectivity index (χ2v) is 9.61. The third-order valence-electron chi connectivity index (χ3n) is 3.64.